The fraction of sp³-hybridized carbons (Fsp3) is 0.250. The van der Waals surface area contributed by atoms with Crippen molar-refractivity contribution in [3.05, 3.63) is 27.7 Å². The van der Waals surface area contributed by atoms with Gasteiger partial charge in [-0.25, -0.2) is 0 Å². The molecule has 0 heterocycles. The monoisotopic (exact) mass is 215 g/mol. The highest BCUT2D eigenvalue weighted by Crippen LogP contribution is 2.29. The van der Waals surface area contributed by atoms with Gasteiger partial charge in [-0.05, 0) is 34.5 Å². The van der Waals surface area contributed by atoms with E-state index in [2.05, 4.69) is 15.9 Å². The van der Waals surface area contributed by atoms with Crippen LogP contribution in [0.15, 0.2) is 16.6 Å². The number of benzene rings is 1. The second kappa shape index (κ2) is 3.24. The van der Waals surface area contributed by atoms with Crippen molar-refractivity contribution in [3.63, 3.8) is 0 Å². The molecule has 0 unspecified atom stereocenters. The fourth-order valence-electron chi connectivity index (χ4n) is 0.966. The standard InChI is InChI=1S/C8H10BrNO/c1-5-2-3-7(9)8(11)6(5)4-10/h2-3,11H,4,10H2,1H3. The third-order valence-electron chi connectivity index (χ3n) is 1.67. The van der Waals surface area contributed by atoms with Crippen LogP contribution in [0.25, 0.3) is 0 Å². The first-order valence-electron chi connectivity index (χ1n) is 3.34. The number of hydrogen-bond donors (Lipinski definition) is 2. The van der Waals surface area contributed by atoms with Gasteiger partial charge in [-0.2, -0.15) is 0 Å². The van der Waals surface area contributed by atoms with Gasteiger partial charge in [0, 0.05) is 12.1 Å². The lowest BCUT2D eigenvalue weighted by molar-refractivity contribution is 0.464. The molecule has 0 aliphatic rings. The van der Waals surface area contributed by atoms with E-state index in [0.29, 0.717) is 11.0 Å². The summed E-state index contributed by atoms with van der Waals surface area (Å²) in [6.45, 7) is 2.30. The van der Waals surface area contributed by atoms with Gasteiger partial charge in [0.15, 0.2) is 0 Å². The first-order valence-corrected chi connectivity index (χ1v) is 4.13. The van der Waals surface area contributed by atoms with E-state index in [1.54, 1.807) is 0 Å². The van der Waals surface area contributed by atoms with Gasteiger partial charge in [-0.15, -0.1) is 0 Å². The SMILES string of the molecule is Cc1ccc(Br)c(O)c1CN. The van der Waals surface area contributed by atoms with E-state index in [0.717, 1.165) is 11.1 Å². The average molecular weight is 216 g/mol. The van der Waals surface area contributed by atoms with E-state index in [4.69, 9.17) is 5.73 Å². The summed E-state index contributed by atoms with van der Waals surface area (Å²) in [4.78, 5) is 0. The smallest absolute Gasteiger partial charge is 0.134 e. The summed E-state index contributed by atoms with van der Waals surface area (Å²) in [7, 11) is 0. The molecule has 0 atom stereocenters. The van der Waals surface area contributed by atoms with Gasteiger partial charge in [0.25, 0.3) is 0 Å². The first-order chi connectivity index (χ1) is 5.16. The lowest BCUT2D eigenvalue weighted by Crippen LogP contribution is -1.99. The molecule has 60 valence electrons. The molecule has 1 aromatic rings. The van der Waals surface area contributed by atoms with E-state index in [-0.39, 0.29) is 5.75 Å². The van der Waals surface area contributed by atoms with E-state index in [9.17, 15) is 5.11 Å². The molecule has 0 fully saturated rings. The Bertz CT molecular complexity index is 273. The lowest BCUT2D eigenvalue weighted by Gasteiger charge is -2.06. The van der Waals surface area contributed by atoms with Crippen molar-refractivity contribution in [2.75, 3.05) is 0 Å². The maximum absolute atomic E-state index is 9.45. The third-order valence-corrected chi connectivity index (χ3v) is 2.31. The number of aromatic hydroxyl groups is 1. The normalized spacial score (nSPS) is 10.1. The van der Waals surface area contributed by atoms with Crippen molar-refractivity contribution >= 4 is 15.9 Å². The second-order valence-corrected chi connectivity index (χ2v) is 3.25. The predicted octanol–water partition coefficient (Wildman–Crippen LogP) is 1.92. The van der Waals surface area contributed by atoms with Gasteiger partial charge in [-0.3, -0.25) is 0 Å². The second-order valence-electron chi connectivity index (χ2n) is 2.40. The van der Waals surface area contributed by atoms with Gasteiger partial charge in [0.2, 0.25) is 0 Å². The van der Waals surface area contributed by atoms with Crippen molar-refractivity contribution in [1.82, 2.24) is 0 Å². The minimum Gasteiger partial charge on any atom is -0.506 e. The molecule has 1 rings (SSSR count). The molecule has 0 saturated heterocycles. The molecule has 0 aromatic heterocycles. The Balaban J connectivity index is 3.29. The zero-order valence-corrected chi connectivity index (χ0v) is 7.85. The number of phenols is 1. The molecule has 0 spiro atoms. The van der Waals surface area contributed by atoms with Crippen LogP contribution in [0, 0.1) is 6.92 Å². The van der Waals surface area contributed by atoms with Crippen molar-refractivity contribution in [2.45, 2.75) is 13.5 Å². The van der Waals surface area contributed by atoms with Crippen LogP contribution in [-0.2, 0) is 6.54 Å². The highest BCUT2D eigenvalue weighted by Gasteiger charge is 2.05. The minimum absolute atomic E-state index is 0.257. The Morgan fingerprint density at radius 1 is 1.55 bits per heavy atom. The molecular weight excluding hydrogens is 206 g/mol. The van der Waals surface area contributed by atoms with Crippen LogP contribution in [0.1, 0.15) is 11.1 Å². The first kappa shape index (κ1) is 8.56. The molecule has 0 saturated carbocycles. The molecule has 11 heavy (non-hydrogen) atoms. The Morgan fingerprint density at radius 3 is 2.64 bits per heavy atom. The molecule has 3 heteroatoms. The van der Waals surface area contributed by atoms with Crippen molar-refractivity contribution in [3.8, 4) is 5.75 Å². The van der Waals surface area contributed by atoms with Crippen LogP contribution in [0.2, 0.25) is 0 Å². The highest BCUT2D eigenvalue weighted by molar-refractivity contribution is 9.10. The van der Waals surface area contributed by atoms with E-state index < -0.39 is 0 Å². The molecule has 2 nitrogen and oxygen atoms in total. The Kier molecular flexibility index (Phi) is 2.52. The molecule has 0 amide bonds. The zero-order chi connectivity index (χ0) is 8.43. The Morgan fingerprint density at radius 2 is 2.18 bits per heavy atom. The number of rotatable bonds is 1. The molecular formula is C8H10BrNO. The van der Waals surface area contributed by atoms with Crippen LogP contribution in [0.3, 0.4) is 0 Å². The Hall–Kier alpha value is -0.540. The van der Waals surface area contributed by atoms with Gasteiger partial charge in [-0.1, -0.05) is 6.07 Å². The van der Waals surface area contributed by atoms with Crippen LogP contribution in [0.5, 0.6) is 5.75 Å². The lowest BCUT2D eigenvalue weighted by atomic mass is 10.1. The fourth-order valence-corrected chi connectivity index (χ4v) is 1.34. The molecule has 1 aromatic carbocycles. The maximum atomic E-state index is 9.45. The van der Waals surface area contributed by atoms with Gasteiger partial charge < -0.3 is 10.8 Å². The molecule has 0 aliphatic heterocycles. The summed E-state index contributed by atoms with van der Waals surface area (Å²) in [6, 6.07) is 3.73. The van der Waals surface area contributed by atoms with Gasteiger partial charge >= 0.3 is 0 Å². The highest BCUT2D eigenvalue weighted by atomic mass is 79.9. The Labute approximate surface area is 74.2 Å². The van der Waals surface area contributed by atoms with Crippen LogP contribution in [-0.4, -0.2) is 5.11 Å². The number of nitrogens with two attached hydrogens (primary N) is 1. The third kappa shape index (κ3) is 1.54. The van der Waals surface area contributed by atoms with Gasteiger partial charge in [0.1, 0.15) is 5.75 Å². The quantitative estimate of drug-likeness (QED) is 0.753. The summed E-state index contributed by atoms with van der Waals surface area (Å²) < 4.78 is 0.698. The number of hydrogen-bond acceptors (Lipinski definition) is 2. The molecule has 0 bridgehead atoms. The topological polar surface area (TPSA) is 46.2 Å². The van der Waals surface area contributed by atoms with E-state index in [1.165, 1.54) is 0 Å². The van der Waals surface area contributed by atoms with E-state index >= 15 is 0 Å². The van der Waals surface area contributed by atoms with Gasteiger partial charge in [0.05, 0.1) is 4.47 Å². The summed E-state index contributed by atoms with van der Waals surface area (Å²) in [5.74, 6) is 0.257. The minimum atomic E-state index is 0.257. The average Bonchev–Trinajstić information content (AvgIpc) is 1.99. The molecule has 0 radical (unpaired) electrons. The zero-order valence-electron chi connectivity index (χ0n) is 6.26. The summed E-state index contributed by atoms with van der Waals surface area (Å²) in [5.41, 5.74) is 7.27. The van der Waals surface area contributed by atoms with Crippen LogP contribution < -0.4 is 5.73 Å². The van der Waals surface area contributed by atoms with E-state index in [1.807, 2.05) is 19.1 Å². The predicted molar refractivity (Wildman–Crippen MR) is 48.4 cm³/mol. The molecule has 3 N–H and O–H groups in total. The number of phenolic OH excluding ortho intramolecular Hbond substituents is 1. The van der Waals surface area contributed by atoms with Crippen LogP contribution in [0.4, 0.5) is 0 Å². The molecule has 0 aliphatic carbocycles. The number of halogens is 1. The maximum Gasteiger partial charge on any atom is 0.134 e. The van der Waals surface area contributed by atoms with Crippen molar-refractivity contribution < 1.29 is 5.11 Å². The van der Waals surface area contributed by atoms with Crippen molar-refractivity contribution in [2.24, 2.45) is 5.73 Å². The summed E-state index contributed by atoms with van der Waals surface area (Å²) in [6.07, 6.45) is 0. The van der Waals surface area contributed by atoms with Crippen LogP contribution >= 0.6 is 15.9 Å². The summed E-state index contributed by atoms with van der Waals surface area (Å²) in [5, 5.41) is 9.45. The van der Waals surface area contributed by atoms with Crippen molar-refractivity contribution in [1.29, 1.82) is 0 Å². The number of aryl methyl sites for hydroxylation is 1. The summed E-state index contributed by atoms with van der Waals surface area (Å²) >= 11 is 3.22. The largest absolute Gasteiger partial charge is 0.506 e.